The molecule has 14 nitrogen and oxygen atoms in total. The third-order valence-corrected chi connectivity index (χ3v) is 10.8. The average molecular weight is 903 g/mol. The van der Waals surface area contributed by atoms with Crippen LogP contribution in [0.2, 0.25) is 0 Å². The van der Waals surface area contributed by atoms with Crippen LogP contribution in [0.25, 0.3) is 90.9 Å². The van der Waals surface area contributed by atoms with Crippen molar-refractivity contribution in [1.29, 1.82) is 0 Å². The first-order valence-corrected chi connectivity index (χ1v) is 19.8. The third kappa shape index (κ3) is 7.84. The van der Waals surface area contributed by atoms with Gasteiger partial charge in [0.2, 0.25) is 0 Å². The topological polar surface area (TPSA) is 193 Å². The Balaban J connectivity index is 0.00000533. The number of ether oxygens (including phenoxy) is 1. The Hall–Kier alpha value is -8.78. The van der Waals surface area contributed by atoms with E-state index in [1.54, 1.807) is 18.2 Å². The molecule has 1 radical (unpaired) electrons. The number of hydrogen-bond donors (Lipinski definition) is 0. The molecule has 0 N–H and O–H groups in total. The Morgan fingerprint density at radius 1 is 0.415 bits per heavy atom. The summed E-state index contributed by atoms with van der Waals surface area (Å²) < 4.78 is 5.93. The molecular weight excluding hydrogens is 874 g/mol. The van der Waals surface area contributed by atoms with Gasteiger partial charge in [-0.25, -0.2) is 9.97 Å². The van der Waals surface area contributed by atoms with Gasteiger partial charge in [0.25, 0.3) is 11.4 Å². The summed E-state index contributed by atoms with van der Waals surface area (Å²) in [6.07, 6.45) is 7.75. The van der Waals surface area contributed by atoms with E-state index in [-0.39, 0.29) is 22.8 Å². The van der Waals surface area contributed by atoms with Gasteiger partial charge in [0, 0.05) is 0 Å². The van der Waals surface area contributed by atoms with E-state index < -0.39 is 37.6 Å². The van der Waals surface area contributed by atoms with Crippen molar-refractivity contribution in [2.45, 2.75) is 0 Å². The molecule has 2 aliphatic heterocycles. The van der Waals surface area contributed by atoms with Crippen molar-refractivity contribution in [2.75, 3.05) is 0 Å². The van der Waals surface area contributed by atoms with Gasteiger partial charge in [0.1, 0.15) is 5.75 Å². The van der Waals surface area contributed by atoms with E-state index in [1.807, 2.05) is 140 Å². The molecule has 317 valence electrons. The van der Waals surface area contributed by atoms with Crippen LogP contribution >= 0.6 is 0 Å². The van der Waals surface area contributed by atoms with Crippen molar-refractivity contribution in [3.63, 3.8) is 0 Å². The first-order valence-electron chi connectivity index (χ1n) is 19.8. The summed E-state index contributed by atoms with van der Waals surface area (Å²) in [6.45, 7) is 0. The largest absolute Gasteiger partial charge is 2.00 e. The van der Waals surface area contributed by atoms with Gasteiger partial charge in [0.05, 0.1) is 49.7 Å². The number of nitro groups is 3. The maximum atomic E-state index is 12.1. The Bertz CT molecular complexity index is 3390. The molecule has 10 rings (SSSR count). The second-order valence-corrected chi connectivity index (χ2v) is 14.7. The molecule has 0 atom stereocenters. The molecule has 3 aromatic heterocycles. The molecule has 0 aliphatic carbocycles. The number of fused-ring (bicyclic) bond motifs is 8. The van der Waals surface area contributed by atoms with Gasteiger partial charge in [-0.1, -0.05) is 127 Å². The number of hydrogen-bond acceptors (Lipinski definition) is 9. The Labute approximate surface area is 379 Å². The number of aromatic nitrogens is 4. The molecule has 15 heteroatoms. The summed E-state index contributed by atoms with van der Waals surface area (Å²) in [5.74, 6) is -0.778. The molecule has 0 unspecified atom stereocenters. The third-order valence-electron chi connectivity index (χ3n) is 10.8. The number of nitro benzene ring substituents is 3. The van der Waals surface area contributed by atoms with Crippen molar-refractivity contribution >= 4 is 63.4 Å². The van der Waals surface area contributed by atoms with Crippen molar-refractivity contribution in [3.8, 4) is 56.0 Å². The van der Waals surface area contributed by atoms with Crippen LogP contribution in [0.5, 0.6) is 11.5 Å². The van der Waals surface area contributed by atoms with Gasteiger partial charge < -0.3 is 14.7 Å². The van der Waals surface area contributed by atoms with Gasteiger partial charge >= 0.3 is 28.4 Å². The van der Waals surface area contributed by atoms with Crippen LogP contribution in [-0.2, 0) is 17.1 Å². The van der Waals surface area contributed by atoms with Gasteiger partial charge in [-0.3, -0.25) is 30.3 Å². The Kier molecular flexibility index (Phi) is 11.0. The molecule has 0 saturated carbocycles. The minimum absolute atomic E-state index is 0. The van der Waals surface area contributed by atoms with Crippen LogP contribution in [0.3, 0.4) is 0 Å². The number of non-ortho nitro benzene ring substituents is 1. The van der Waals surface area contributed by atoms with E-state index >= 15 is 0 Å². The Morgan fingerprint density at radius 2 is 0.769 bits per heavy atom. The van der Waals surface area contributed by atoms with Crippen LogP contribution in [0.1, 0.15) is 22.8 Å². The second kappa shape index (κ2) is 17.2. The second-order valence-electron chi connectivity index (χ2n) is 14.7. The fourth-order valence-electron chi connectivity index (χ4n) is 7.98. The molecule has 5 aromatic carbocycles. The van der Waals surface area contributed by atoms with Crippen LogP contribution in [0.4, 0.5) is 17.1 Å². The normalized spacial score (nSPS) is 11.5. The van der Waals surface area contributed by atoms with Crippen LogP contribution in [0, 0.1) is 30.3 Å². The maximum Gasteiger partial charge on any atom is 2.00 e. The predicted molar refractivity (Wildman–Crippen MR) is 245 cm³/mol. The fraction of sp³-hybridized carbons (Fsp3) is 0. The predicted octanol–water partition coefficient (Wildman–Crippen LogP) is 12.1. The van der Waals surface area contributed by atoms with Gasteiger partial charge in [0.15, 0.2) is 0 Å². The molecule has 65 heavy (non-hydrogen) atoms. The maximum absolute atomic E-state index is 12.1. The summed E-state index contributed by atoms with van der Waals surface area (Å²) >= 11 is 0. The molecule has 8 aromatic rings. The molecular formula is C50H29CuN7O7. The van der Waals surface area contributed by atoms with E-state index in [0.717, 1.165) is 44.6 Å². The molecule has 0 fully saturated rings. The summed E-state index contributed by atoms with van der Waals surface area (Å²) in [5.41, 5.74) is 8.58. The molecule has 8 bridgehead atoms. The monoisotopic (exact) mass is 902 g/mol. The first kappa shape index (κ1) is 41.6. The molecule has 5 heterocycles. The SMILES string of the molecule is O=[N+]([O-])c1cc([N+](=O)[O-])c(Oc2cccc(-c3c4nc(c(-c5ccccc5)c5ccc([n-]5)c(-c5ccccc5)c5nc(c(-c6ccccc6)c6ccc3[n-]6)C=C5)C=C4)c2)c([N+](=O)[O-])c1.[Cu+2]. The van der Waals surface area contributed by atoms with Gasteiger partial charge in [-0.15, -0.1) is 22.1 Å². The first-order chi connectivity index (χ1) is 31.2. The number of rotatable bonds is 9. The van der Waals surface area contributed by atoms with Crippen molar-refractivity contribution < 1.29 is 36.6 Å². The smallest absolute Gasteiger partial charge is 0.657 e. The van der Waals surface area contributed by atoms with Crippen LogP contribution in [0.15, 0.2) is 152 Å². The average Bonchev–Trinajstić information content (AvgIpc) is 4.16. The molecule has 0 spiro atoms. The summed E-state index contributed by atoms with van der Waals surface area (Å²) in [5, 5.41) is 35.9. The van der Waals surface area contributed by atoms with Crippen molar-refractivity contribution in [1.82, 2.24) is 19.9 Å². The quantitative estimate of drug-likeness (QED) is 0.0760. The summed E-state index contributed by atoms with van der Waals surface area (Å²) in [6, 6.07) is 45.2. The standard InChI is InChI=1S/C50H29N7O7.Cu/c58-55(59)34-28-44(56(60)61)50(45(29-34)57(62)63)64-35-18-10-17-33(27-35)49-42-25-23-40(53-42)47(31-13-6-2-7-14-31)38-21-19-36(51-38)46(30-11-4-1-5-12-30)37-20-22-39(52-37)48(32-15-8-3-9-16-32)41-24-26-43(49)54-41;/h1-29H;/q-2;+2. The van der Waals surface area contributed by atoms with Gasteiger partial charge in [-0.2, -0.15) is 0 Å². The fourth-order valence-corrected chi connectivity index (χ4v) is 7.98. The van der Waals surface area contributed by atoms with E-state index in [9.17, 15) is 30.3 Å². The van der Waals surface area contributed by atoms with Crippen LogP contribution < -0.4 is 14.7 Å². The van der Waals surface area contributed by atoms with E-state index in [0.29, 0.717) is 56.9 Å². The van der Waals surface area contributed by atoms with Gasteiger partial charge in [-0.05, 0) is 80.9 Å². The van der Waals surface area contributed by atoms with Crippen molar-refractivity contribution in [2.24, 2.45) is 0 Å². The zero-order valence-corrected chi connectivity index (χ0v) is 34.5. The zero-order chi connectivity index (χ0) is 43.9. The molecule has 0 amide bonds. The van der Waals surface area contributed by atoms with Crippen LogP contribution in [-0.4, -0.2) is 24.7 Å². The van der Waals surface area contributed by atoms with E-state index in [4.69, 9.17) is 24.7 Å². The number of nitrogens with zero attached hydrogens (tertiary/aromatic N) is 7. The summed E-state index contributed by atoms with van der Waals surface area (Å²) in [7, 11) is 0. The Morgan fingerprint density at radius 3 is 1.12 bits per heavy atom. The molecule has 0 saturated heterocycles. The molecule has 2 aliphatic rings. The minimum atomic E-state index is -0.960. The van der Waals surface area contributed by atoms with E-state index in [1.165, 1.54) is 6.07 Å². The zero-order valence-electron chi connectivity index (χ0n) is 33.5. The minimum Gasteiger partial charge on any atom is -0.657 e. The van der Waals surface area contributed by atoms with Crippen molar-refractivity contribution in [3.05, 3.63) is 205 Å². The number of benzene rings is 5. The van der Waals surface area contributed by atoms with E-state index in [2.05, 4.69) is 0 Å². The summed E-state index contributed by atoms with van der Waals surface area (Å²) in [4.78, 5) is 54.0.